The molecule has 1 aromatic rings. The first-order chi connectivity index (χ1) is 8.04. The zero-order chi connectivity index (χ0) is 12.8. The number of nitrogens with one attached hydrogen (secondary N) is 1. The van der Waals surface area contributed by atoms with E-state index < -0.39 is 0 Å². The summed E-state index contributed by atoms with van der Waals surface area (Å²) in [6, 6.07) is 3.43. The van der Waals surface area contributed by atoms with Gasteiger partial charge in [-0.25, -0.2) is 0 Å². The lowest BCUT2D eigenvalue weighted by molar-refractivity contribution is -0.116. The number of rotatable bonds is 5. The van der Waals surface area contributed by atoms with Gasteiger partial charge in [0.1, 0.15) is 0 Å². The molecule has 0 heterocycles. The molecule has 94 valence electrons. The van der Waals surface area contributed by atoms with Crippen LogP contribution in [-0.2, 0) is 4.79 Å². The molecule has 17 heavy (non-hydrogen) atoms. The van der Waals surface area contributed by atoms with Gasteiger partial charge in [-0.15, -0.1) is 0 Å². The topological polar surface area (TPSA) is 29.1 Å². The van der Waals surface area contributed by atoms with Crippen LogP contribution in [0, 0.1) is 6.92 Å². The van der Waals surface area contributed by atoms with E-state index >= 15 is 0 Å². The van der Waals surface area contributed by atoms with Gasteiger partial charge in [0.05, 0.1) is 10.7 Å². The van der Waals surface area contributed by atoms with Crippen LogP contribution in [0.4, 0.5) is 5.69 Å². The molecule has 0 fully saturated rings. The Kier molecular flexibility index (Phi) is 6.31. The number of alkyl halides is 1. The number of carbonyl (C=O) groups excluding carboxylic acids is 1. The number of carbonyl (C=O) groups is 1. The zero-order valence-electron chi connectivity index (χ0n) is 9.53. The normalized spacial score (nSPS) is 10.4. The molecule has 5 heteroatoms. The highest BCUT2D eigenvalue weighted by molar-refractivity contribution is 9.09. The third-order valence-corrected chi connectivity index (χ3v) is 3.59. The van der Waals surface area contributed by atoms with E-state index in [1.165, 1.54) is 0 Å². The molecule has 0 atom stereocenters. The minimum Gasteiger partial charge on any atom is -0.325 e. The summed E-state index contributed by atoms with van der Waals surface area (Å²) in [5, 5.41) is 4.80. The van der Waals surface area contributed by atoms with Gasteiger partial charge in [-0.05, 0) is 37.5 Å². The lowest BCUT2D eigenvalue weighted by atomic mass is 10.2. The van der Waals surface area contributed by atoms with Crippen molar-refractivity contribution in [3.8, 4) is 0 Å². The van der Waals surface area contributed by atoms with Crippen LogP contribution in [0.3, 0.4) is 0 Å². The Morgan fingerprint density at radius 1 is 1.29 bits per heavy atom. The third kappa shape index (κ3) is 4.86. The van der Waals surface area contributed by atoms with Crippen LogP contribution >= 0.6 is 39.1 Å². The lowest BCUT2D eigenvalue weighted by Gasteiger charge is -2.09. The first-order valence-electron chi connectivity index (χ1n) is 5.36. The molecule has 0 aromatic heterocycles. The number of unbranched alkanes of at least 4 members (excludes halogenated alkanes) is 1. The van der Waals surface area contributed by atoms with Crippen LogP contribution in [0.2, 0.25) is 10.0 Å². The zero-order valence-corrected chi connectivity index (χ0v) is 12.6. The summed E-state index contributed by atoms with van der Waals surface area (Å²) in [4.78, 5) is 11.6. The number of hydrogen-bond donors (Lipinski definition) is 1. The molecule has 0 saturated carbocycles. The Morgan fingerprint density at radius 3 is 2.65 bits per heavy atom. The summed E-state index contributed by atoms with van der Waals surface area (Å²) >= 11 is 15.3. The number of amides is 1. The fraction of sp³-hybridized carbons (Fsp3) is 0.417. The number of benzene rings is 1. The van der Waals surface area contributed by atoms with Crippen molar-refractivity contribution in [1.29, 1.82) is 0 Å². The molecule has 1 aromatic carbocycles. The van der Waals surface area contributed by atoms with Gasteiger partial charge < -0.3 is 5.32 Å². The quantitative estimate of drug-likeness (QED) is 0.606. The van der Waals surface area contributed by atoms with Crippen LogP contribution < -0.4 is 5.32 Å². The Hall–Kier alpha value is -0.250. The van der Waals surface area contributed by atoms with Crippen molar-refractivity contribution in [3.05, 3.63) is 27.7 Å². The number of aryl methyl sites for hydroxylation is 1. The van der Waals surface area contributed by atoms with Gasteiger partial charge in [-0.1, -0.05) is 39.1 Å². The maximum absolute atomic E-state index is 11.6. The second-order valence-corrected chi connectivity index (χ2v) is 5.38. The fourth-order valence-electron chi connectivity index (χ4n) is 1.33. The summed E-state index contributed by atoms with van der Waals surface area (Å²) < 4.78 is 0. The van der Waals surface area contributed by atoms with Crippen molar-refractivity contribution in [3.63, 3.8) is 0 Å². The summed E-state index contributed by atoms with van der Waals surface area (Å²) in [6.07, 6.45) is 2.33. The van der Waals surface area contributed by atoms with Gasteiger partial charge in [-0.2, -0.15) is 0 Å². The second-order valence-electron chi connectivity index (χ2n) is 3.78. The molecule has 0 radical (unpaired) electrons. The highest BCUT2D eigenvalue weighted by Gasteiger charge is 2.08. The fourth-order valence-corrected chi connectivity index (χ4v) is 2.16. The van der Waals surface area contributed by atoms with Gasteiger partial charge >= 0.3 is 0 Å². The molecule has 1 amide bonds. The monoisotopic (exact) mass is 337 g/mol. The molecule has 0 aliphatic carbocycles. The van der Waals surface area contributed by atoms with Crippen LogP contribution in [0.1, 0.15) is 24.8 Å². The summed E-state index contributed by atoms with van der Waals surface area (Å²) in [5.41, 5.74) is 1.47. The summed E-state index contributed by atoms with van der Waals surface area (Å²) in [7, 11) is 0. The molecule has 0 saturated heterocycles. The molecular weight excluding hydrogens is 325 g/mol. The van der Waals surface area contributed by atoms with E-state index in [9.17, 15) is 4.79 Å². The van der Waals surface area contributed by atoms with Crippen LogP contribution in [0.15, 0.2) is 12.1 Å². The van der Waals surface area contributed by atoms with E-state index in [4.69, 9.17) is 23.2 Å². The minimum atomic E-state index is -0.0345. The predicted molar refractivity (Wildman–Crippen MR) is 77.5 cm³/mol. The average molecular weight is 339 g/mol. The van der Waals surface area contributed by atoms with E-state index in [2.05, 4.69) is 21.2 Å². The Bertz CT molecular complexity index is 410. The van der Waals surface area contributed by atoms with E-state index in [0.717, 1.165) is 23.7 Å². The molecule has 0 aliphatic heterocycles. The molecule has 0 bridgehead atoms. The average Bonchev–Trinajstić information content (AvgIpc) is 2.26. The Morgan fingerprint density at radius 2 is 2.00 bits per heavy atom. The Labute approximate surface area is 120 Å². The van der Waals surface area contributed by atoms with E-state index in [1.807, 2.05) is 6.92 Å². The van der Waals surface area contributed by atoms with Crippen molar-refractivity contribution in [2.45, 2.75) is 26.2 Å². The SMILES string of the molecule is Cc1cc(Cl)c(NC(=O)CCCCBr)cc1Cl. The summed E-state index contributed by atoms with van der Waals surface area (Å²) in [5.74, 6) is -0.0345. The molecule has 1 rings (SSSR count). The number of halogens is 3. The summed E-state index contributed by atoms with van der Waals surface area (Å²) in [6.45, 7) is 1.87. The molecule has 0 aliphatic rings. The highest BCUT2D eigenvalue weighted by Crippen LogP contribution is 2.28. The molecule has 0 unspecified atom stereocenters. The van der Waals surface area contributed by atoms with Crippen molar-refractivity contribution in [2.75, 3.05) is 10.6 Å². The lowest BCUT2D eigenvalue weighted by Crippen LogP contribution is -2.11. The van der Waals surface area contributed by atoms with Crippen molar-refractivity contribution >= 4 is 50.7 Å². The first kappa shape index (κ1) is 14.8. The molecule has 1 N–H and O–H groups in total. The molecule has 2 nitrogen and oxygen atoms in total. The van der Waals surface area contributed by atoms with Crippen molar-refractivity contribution in [1.82, 2.24) is 0 Å². The smallest absolute Gasteiger partial charge is 0.224 e. The standard InChI is InChI=1S/C12H14BrCl2NO/c1-8-6-10(15)11(7-9(8)14)16-12(17)4-2-3-5-13/h6-7H,2-5H2,1H3,(H,16,17). The predicted octanol–water partition coefficient (Wildman–Crippen LogP) is 4.81. The van der Waals surface area contributed by atoms with Crippen molar-refractivity contribution in [2.24, 2.45) is 0 Å². The maximum atomic E-state index is 11.6. The van der Waals surface area contributed by atoms with Crippen molar-refractivity contribution < 1.29 is 4.79 Å². The van der Waals surface area contributed by atoms with Gasteiger partial charge in [0, 0.05) is 16.8 Å². The van der Waals surface area contributed by atoms with Gasteiger partial charge in [0.25, 0.3) is 0 Å². The second kappa shape index (κ2) is 7.24. The van der Waals surface area contributed by atoms with Crippen LogP contribution in [0.5, 0.6) is 0 Å². The molecule has 0 spiro atoms. The number of anilines is 1. The minimum absolute atomic E-state index is 0.0345. The number of hydrogen-bond acceptors (Lipinski definition) is 1. The highest BCUT2D eigenvalue weighted by atomic mass is 79.9. The molecular formula is C12H14BrCl2NO. The van der Waals surface area contributed by atoms with Crippen LogP contribution in [0.25, 0.3) is 0 Å². The third-order valence-electron chi connectivity index (χ3n) is 2.31. The van der Waals surface area contributed by atoms with Gasteiger partial charge in [0.2, 0.25) is 5.91 Å². The van der Waals surface area contributed by atoms with Crippen LogP contribution in [-0.4, -0.2) is 11.2 Å². The van der Waals surface area contributed by atoms with E-state index in [0.29, 0.717) is 22.2 Å². The van der Waals surface area contributed by atoms with Gasteiger partial charge in [0.15, 0.2) is 0 Å². The van der Waals surface area contributed by atoms with E-state index in [-0.39, 0.29) is 5.91 Å². The Balaban J connectivity index is 2.62. The van der Waals surface area contributed by atoms with E-state index in [1.54, 1.807) is 12.1 Å². The van der Waals surface area contributed by atoms with Gasteiger partial charge in [-0.3, -0.25) is 4.79 Å². The first-order valence-corrected chi connectivity index (χ1v) is 7.24. The maximum Gasteiger partial charge on any atom is 0.224 e. The largest absolute Gasteiger partial charge is 0.325 e.